The van der Waals surface area contributed by atoms with Crippen LogP contribution < -0.4 is 0 Å². The lowest BCUT2D eigenvalue weighted by Crippen LogP contribution is -1.99. The standard InChI is InChI=1S/C26H20N2S/c1-2-8-16(9-3-1)28-22-13-7-5-11-19(22)26-24(28)20-15-14-18-17-10-4-6-12-21(17)27-23(18)25(20)29-26/h1-3,5,7-9,11,13-15,27H,4,6,10,12H2. The molecule has 0 spiro atoms. The van der Waals surface area contributed by atoms with Crippen molar-refractivity contribution in [2.45, 2.75) is 25.7 Å². The number of benzene rings is 3. The normalized spacial score (nSPS) is 14.3. The first-order chi connectivity index (χ1) is 14.4. The minimum absolute atomic E-state index is 1.19. The van der Waals surface area contributed by atoms with Crippen molar-refractivity contribution in [3.8, 4) is 5.69 Å². The smallest absolute Gasteiger partial charge is 0.0728 e. The van der Waals surface area contributed by atoms with Gasteiger partial charge in [-0.05, 0) is 49.4 Å². The molecule has 1 aliphatic carbocycles. The lowest BCUT2D eigenvalue weighted by Gasteiger charge is -2.10. The second kappa shape index (κ2) is 5.74. The van der Waals surface area contributed by atoms with E-state index in [0.29, 0.717) is 0 Å². The molecule has 1 N–H and O–H groups in total. The van der Waals surface area contributed by atoms with E-state index in [2.05, 4.69) is 76.3 Å². The maximum atomic E-state index is 3.82. The maximum Gasteiger partial charge on any atom is 0.0728 e. The molecule has 3 heterocycles. The molecule has 3 heteroatoms. The molecule has 0 bridgehead atoms. The first-order valence-corrected chi connectivity index (χ1v) is 11.3. The van der Waals surface area contributed by atoms with Crippen LogP contribution in [0.15, 0.2) is 66.7 Å². The van der Waals surface area contributed by atoms with Gasteiger partial charge in [-0.15, -0.1) is 11.3 Å². The molecule has 1 aliphatic rings. The van der Waals surface area contributed by atoms with E-state index in [1.807, 2.05) is 11.3 Å². The van der Waals surface area contributed by atoms with Crippen molar-refractivity contribution in [2.24, 2.45) is 0 Å². The Morgan fingerprint density at radius 1 is 0.724 bits per heavy atom. The van der Waals surface area contributed by atoms with Gasteiger partial charge in [0.05, 0.1) is 25.9 Å². The Balaban J connectivity index is 1.68. The van der Waals surface area contributed by atoms with Crippen molar-refractivity contribution in [3.05, 3.63) is 78.0 Å². The molecule has 29 heavy (non-hydrogen) atoms. The monoisotopic (exact) mass is 392 g/mol. The summed E-state index contributed by atoms with van der Waals surface area (Å²) in [6.45, 7) is 0. The summed E-state index contributed by atoms with van der Waals surface area (Å²) in [5.41, 5.74) is 8.22. The zero-order valence-electron chi connectivity index (χ0n) is 16.0. The lowest BCUT2D eigenvalue weighted by atomic mass is 9.95. The van der Waals surface area contributed by atoms with Gasteiger partial charge < -0.3 is 9.55 Å². The van der Waals surface area contributed by atoms with Gasteiger partial charge in [0.2, 0.25) is 0 Å². The van der Waals surface area contributed by atoms with E-state index < -0.39 is 0 Å². The Morgan fingerprint density at radius 2 is 1.52 bits per heavy atom. The third kappa shape index (κ3) is 2.06. The van der Waals surface area contributed by atoms with Gasteiger partial charge in [-0.1, -0.05) is 48.5 Å². The van der Waals surface area contributed by atoms with Crippen LogP contribution in [0.4, 0.5) is 0 Å². The van der Waals surface area contributed by atoms with Crippen LogP contribution in [0.1, 0.15) is 24.1 Å². The summed E-state index contributed by atoms with van der Waals surface area (Å²) >= 11 is 1.95. The second-order valence-electron chi connectivity index (χ2n) is 8.12. The number of nitrogens with zero attached hydrogens (tertiary/aromatic N) is 1. The number of aryl methyl sites for hydroxylation is 2. The quantitative estimate of drug-likeness (QED) is 0.302. The lowest BCUT2D eigenvalue weighted by molar-refractivity contribution is 0.680. The molecule has 0 saturated carbocycles. The van der Waals surface area contributed by atoms with Crippen molar-refractivity contribution < 1.29 is 0 Å². The summed E-state index contributed by atoms with van der Waals surface area (Å²) in [6, 6.07) is 24.3. The molecule has 0 atom stereocenters. The summed E-state index contributed by atoms with van der Waals surface area (Å²) in [6.07, 6.45) is 5.02. The van der Waals surface area contributed by atoms with E-state index >= 15 is 0 Å². The topological polar surface area (TPSA) is 20.7 Å². The highest BCUT2D eigenvalue weighted by atomic mass is 32.1. The number of thiophene rings is 1. The summed E-state index contributed by atoms with van der Waals surface area (Å²) in [5, 5.41) is 4.14. The van der Waals surface area contributed by atoms with Gasteiger partial charge in [0, 0.05) is 27.5 Å². The van der Waals surface area contributed by atoms with Crippen LogP contribution >= 0.6 is 11.3 Å². The molecule has 3 aromatic carbocycles. The molecular formula is C26H20N2S. The zero-order chi connectivity index (χ0) is 18.9. The Labute approximate surface area is 172 Å². The van der Waals surface area contributed by atoms with Crippen LogP contribution in [0.3, 0.4) is 0 Å². The SMILES string of the molecule is c1ccc(-n2c3ccccc3c3sc4c(ccc5c6c([nH]c54)CCCC6)c32)cc1. The Hall–Kier alpha value is -3.04. The van der Waals surface area contributed by atoms with Crippen molar-refractivity contribution in [1.82, 2.24) is 9.55 Å². The van der Waals surface area contributed by atoms with Crippen molar-refractivity contribution in [3.63, 3.8) is 0 Å². The van der Waals surface area contributed by atoms with Gasteiger partial charge in [-0.2, -0.15) is 0 Å². The van der Waals surface area contributed by atoms with Crippen LogP contribution in [0, 0.1) is 0 Å². The number of aromatic amines is 1. The fraction of sp³-hybridized carbons (Fsp3) is 0.154. The Morgan fingerprint density at radius 3 is 2.45 bits per heavy atom. The highest BCUT2D eigenvalue weighted by Crippen LogP contribution is 2.45. The summed E-state index contributed by atoms with van der Waals surface area (Å²) in [5.74, 6) is 0. The molecular weight excluding hydrogens is 372 g/mol. The number of H-pyrrole nitrogens is 1. The molecule has 0 aliphatic heterocycles. The maximum absolute atomic E-state index is 3.82. The van der Waals surface area contributed by atoms with Crippen molar-refractivity contribution in [2.75, 3.05) is 0 Å². The van der Waals surface area contributed by atoms with Crippen LogP contribution in [-0.4, -0.2) is 9.55 Å². The van der Waals surface area contributed by atoms with E-state index in [4.69, 9.17) is 0 Å². The number of fused-ring (bicyclic) bond motifs is 9. The van der Waals surface area contributed by atoms with Gasteiger partial charge in [0.25, 0.3) is 0 Å². The molecule has 3 aromatic heterocycles. The molecule has 0 amide bonds. The highest BCUT2D eigenvalue weighted by Gasteiger charge is 2.22. The number of hydrogen-bond acceptors (Lipinski definition) is 1. The van der Waals surface area contributed by atoms with Crippen LogP contribution in [-0.2, 0) is 12.8 Å². The number of aromatic nitrogens is 2. The average Bonchev–Trinajstić information content (AvgIpc) is 3.43. The molecule has 6 aromatic rings. The average molecular weight is 393 g/mol. The van der Waals surface area contributed by atoms with Crippen molar-refractivity contribution >= 4 is 53.4 Å². The molecule has 140 valence electrons. The van der Waals surface area contributed by atoms with Crippen LogP contribution in [0.2, 0.25) is 0 Å². The van der Waals surface area contributed by atoms with Gasteiger partial charge in [0.15, 0.2) is 0 Å². The Bertz CT molecular complexity index is 1550. The number of rotatable bonds is 1. The van der Waals surface area contributed by atoms with E-state index in [-0.39, 0.29) is 0 Å². The van der Waals surface area contributed by atoms with E-state index in [9.17, 15) is 0 Å². The third-order valence-electron chi connectivity index (χ3n) is 6.53. The summed E-state index contributed by atoms with van der Waals surface area (Å²) < 4.78 is 5.23. The molecule has 0 unspecified atom stereocenters. The first-order valence-electron chi connectivity index (χ1n) is 10.4. The summed E-state index contributed by atoms with van der Waals surface area (Å²) in [4.78, 5) is 3.82. The predicted octanol–water partition coefficient (Wildman–Crippen LogP) is 7.36. The minimum Gasteiger partial charge on any atom is -0.357 e. The summed E-state index contributed by atoms with van der Waals surface area (Å²) in [7, 11) is 0. The largest absolute Gasteiger partial charge is 0.357 e. The molecule has 0 fully saturated rings. The van der Waals surface area contributed by atoms with Crippen molar-refractivity contribution in [1.29, 1.82) is 0 Å². The number of hydrogen-bond donors (Lipinski definition) is 1. The van der Waals surface area contributed by atoms with Crippen LogP contribution in [0.25, 0.3) is 47.8 Å². The van der Waals surface area contributed by atoms with Gasteiger partial charge in [-0.25, -0.2) is 0 Å². The van der Waals surface area contributed by atoms with Crippen LogP contribution in [0.5, 0.6) is 0 Å². The molecule has 2 nitrogen and oxygen atoms in total. The fourth-order valence-corrected chi connectivity index (χ4v) is 6.57. The Kier molecular flexibility index (Phi) is 3.13. The number of para-hydroxylation sites is 2. The van der Waals surface area contributed by atoms with E-state index in [1.54, 1.807) is 5.56 Å². The molecule has 0 radical (unpaired) electrons. The first kappa shape index (κ1) is 15.8. The second-order valence-corrected chi connectivity index (χ2v) is 9.14. The van der Waals surface area contributed by atoms with Gasteiger partial charge >= 0.3 is 0 Å². The fourth-order valence-electron chi connectivity index (χ4n) is 5.25. The van der Waals surface area contributed by atoms with Gasteiger partial charge in [0.1, 0.15) is 0 Å². The van der Waals surface area contributed by atoms with E-state index in [0.717, 1.165) is 0 Å². The highest BCUT2D eigenvalue weighted by molar-refractivity contribution is 7.27. The molecule has 0 saturated heterocycles. The number of nitrogens with one attached hydrogen (secondary N) is 1. The minimum atomic E-state index is 1.19. The predicted molar refractivity (Wildman–Crippen MR) is 125 cm³/mol. The molecule has 7 rings (SSSR count). The third-order valence-corrected chi connectivity index (χ3v) is 7.77. The zero-order valence-corrected chi connectivity index (χ0v) is 16.9. The van der Waals surface area contributed by atoms with Gasteiger partial charge in [-0.3, -0.25) is 0 Å². The van der Waals surface area contributed by atoms with E-state index in [1.165, 1.54) is 79.2 Å².